The molecule has 124 valence electrons. The van der Waals surface area contributed by atoms with E-state index < -0.39 is 15.3 Å². The third-order valence-electron chi connectivity index (χ3n) is 0. The van der Waals surface area contributed by atoms with Crippen LogP contribution in [0.4, 0.5) is 0 Å². The molecule has 0 unspecified atom stereocenters. The van der Waals surface area contributed by atoms with E-state index in [1.165, 1.54) is 0 Å². The van der Waals surface area contributed by atoms with Gasteiger partial charge in [0.2, 0.25) is 0 Å². The second-order valence-corrected chi connectivity index (χ2v) is 0.671. The maximum atomic E-state index is 8.25. The van der Waals surface area contributed by atoms with Crippen molar-refractivity contribution in [3.8, 4) is 0 Å². The molecule has 0 saturated carbocycles. The van der Waals surface area contributed by atoms with Gasteiger partial charge >= 0.3 is 0 Å². The predicted molar refractivity (Wildman–Crippen MR) is 52.8 cm³/mol. The summed E-state index contributed by atoms with van der Waals surface area (Å²) in [6, 6.07) is 0. The van der Waals surface area contributed by atoms with Gasteiger partial charge in [0, 0.05) is 40.8 Å². The molecule has 0 fully saturated rings. The smallest absolute Gasteiger partial charge is 0.0689 e. The molecule has 0 aromatic heterocycles. The molecular weight excluding hydrogens is 426 g/mol. The predicted octanol–water partition coefficient (Wildman–Crippen LogP) is -5.67. The molecule has 0 bridgehead atoms. The van der Waals surface area contributed by atoms with Crippen molar-refractivity contribution in [2.24, 2.45) is 0 Å². The molecule has 0 aromatic rings. The van der Waals surface area contributed by atoms with Crippen molar-refractivity contribution in [3.05, 3.63) is 46.0 Å². The van der Waals surface area contributed by atoms with E-state index in [0.29, 0.717) is 0 Å². The van der Waals surface area contributed by atoms with Gasteiger partial charge in [-0.15, -0.1) is 0 Å². The molecule has 0 amide bonds. The van der Waals surface area contributed by atoms with Crippen molar-refractivity contribution in [2.45, 2.75) is 0 Å². The number of hydrogen-bond donors (Lipinski definition) is 0. The van der Waals surface area contributed by atoms with Crippen molar-refractivity contribution in [1.82, 2.24) is 0 Å². The van der Waals surface area contributed by atoms with Crippen LogP contribution in [0.3, 0.4) is 0 Å². The van der Waals surface area contributed by atoms with Gasteiger partial charge < -0.3 is 78.8 Å². The molecule has 0 rings (SSSR count). The number of nitrogens with zero attached hydrogens (tertiary/aromatic N) is 3. The Hall–Kier alpha value is -1.29. The first kappa shape index (κ1) is 83.2. The van der Waals surface area contributed by atoms with Crippen LogP contribution < -0.4 is 0 Å². The third kappa shape index (κ3) is 2180. The van der Waals surface area contributed by atoms with E-state index in [2.05, 4.69) is 0 Å². The summed E-state index contributed by atoms with van der Waals surface area (Å²) < 4.78 is 0. The van der Waals surface area contributed by atoms with Crippen molar-refractivity contribution in [2.75, 3.05) is 0 Å². The summed E-state index contributed by atoms with van der Waals surface area (Å²) in [4.78, 5) is 24.8. The molecule has 0 saturated heterocycles. The molecular formula is H12N3NdO15-3. The van der Waals surface area contributed by atoms with E-state index in [9.17, 15) is 0 Å². The first-order valence-electron chi connectivity index (χ1n) is 1.64. The minimum absolute atomic E-state index is 0. The van der Waals surface area contributed by atoms with Crippen LogP contribution in [0.2, 0.25) is 0 Å². The van der Waals surface area contributed by atoms with Crippen molar-refractivity contribution in [1.29, 1.82) is 0 Å². The van der Waals surface area contributed by atoms with Crippen LogP contribution >= 0.6 is 0 Å². The van der Waals surface area contributed by atoms with E-state index in [-0.39, 0.29) is 73.7 Å². The van der Waals surface area contributed by atoms with Gasteiger partial charge in [-0.2, -0.15) is 0 Å². The molecule has 0 radical (unpaired) electrons. The Morgan fingerprint density at radius 1 is 0.421 bits per heavy atom. The standard InChI is InChI=1S/3NO3.Nd.6H2O/c3*2-1(3)4;;;;;;;/h;;;;6*1H2/q3*-1;;;;;;;. The van der Waals surface area contributed by atoms with Crippen LogP contribution in [0, 0.1) is 86.8 Å². The molecule has 0 aliphatic carbocycles. The molecule has 0 aromatic carbocycles. The molecule has 0 atom stereocenters. The Bertz CT molecular complexity index is 115. The molecule has 0 heterocycles. The molecule has 0 aliphatic rings. The van der Waals surface area contributed by atoms with Crippen LogP contribution in [-0.2, 0) is 0 Å². The first-order valence-corrected chi connectivity index (χ1v) is 1.64. The summed E-state index contributed by atoms with van der Waals surface area (Å²) in [5, 5.41) is 44.2. The molecule has 19 heavy (non-hydrogen) atoms. The van der Waals surface area contributed by atoms with Crippen LogP contribution in [0.1, 0.15) is 0 Å². The van der Waals surface area contributed by atoms with Gasteiger partial charge in [0.15, 0.2) is 0 Å². The van der Waals surface area contributed by atoms with Gasteiger partial charge in [-0.1, -0.05) is 0 Å². The molecule has 12 N–H and O–H groups in total. The summed E-state index contributed by atoms with van der Waals surface area (Å²) in [5.41, 5.74) is 0. The zero-order valence-corrected chi connectivity index (χ0v) is 11.7. The topological polar surface area (TPSA) is 388 Å². The summed E-state index contributed by atoms with van der Waals surface area (Å²) in [5.74, 6) is 0. The van der Waals surface area contributed by atoms with Gasteiger partial charge in [-0.25, -0.2) is 0 Å². The SMILES string of the molecule is O.O.O.O.O.O.O=[N+]([O-])[O-].O=[N+]([O-])[O-].O=[N+]([O-])[O-].[Nd]. The maximum Gasteiger partial charge on any atom is 0.0689 e. The Morgan fingerprint density at radius 3 is 0.421 bits per heavy atom. The second kappa shape index (κ2) is 69.4. The Labute approximate surface area is 135 Å². The fraction of sp³-hybridized carbons (Fsp3) is 0. The van der Waals surface area contributed by atoms with Crippen LogP contribution in [-0.4, -0.2) is 48.1 Å². The summed E-state index contributed by atoms with van der Waals surface area (Å²) in [7, 11) is 0. The third-order valence-corrected chi connectivity index (χ3v) is 0. The van der Waals surface area contributed by atoms with Gasteiger partial charge in [0.1, 0.15) is 0 Å². The Balaban J connectivity index is -0.00000000675. The molecule has 19 heteroatoms. The summed E-state index contributed by atoms with van der Waals surface area (Å²) in [6.45, 7) is 0. The van der Waals surface area contributed by atoms with E-state index in [0.717, 1.165) is 0 Å². The Kier molecular flexibility index (Phi) is 304. The fourth-order valence-electron chi connectivity index (χ4n) is 0. The molecule has 18 nitrogen and oxygen atoms in total. The maximum absolute atomic E-state index is 8.25. The van der Waals surface area contributed by atoms with Crippen LogP contribution in [0.25, 0.3) is 0 Å². The summed E-state index contributed by atoms with van der Waals surface area (Å²) >= 11 is 0. The minimum atomic E-state index is -1.75. The van der Waals surface area contributed by atoms with Gasteiger partial charge in [-0.05, 0) is 0 Å². The normalized spacial score (nSPS) is 3.79. The van der Waals surface area contributed by atoms with E-state index >= 15 is 0 Å². The monoisotopic (exact) mass is 436 g/mol. The average Bonchev–Trinajstić information content (AvgIpc) is 1.54. The van der Waals surface area contributed by atoms with Crippen LogP contribution in [0.5, 0.6) is 0 Å². The van der Waals surface area contributed by atoms with Gasteiger partial charge in [0.25, 0.3) is 0 Å². The van der Waals surface area contributed by atoms with E-state index in [1.807, 2.05) is 0 Å². The van der Waals surface area contributed by atoms with Crippen LogP contribution in [0.15, 0.2) is 0 Å². The average molecular weight is 438 g/mol. The minimum Gasteiger partial charge on any atom is -0.412 e. The largest absolute Gasteiger partial charge is 0.412 e. The van der Waals surface area contributed by atoms with Gasteiger partial charge in [-0.3, -0.25) is 0 Å². The zero-order chi connectivity index (χ0) is 10.7. The van der Waals surface area contributed by atoms with Gasteiger partial charge in [0.05, 0.1) is 15.3 Å². The Morgan fingerprint density at radius 2 is 0.421 bits per heavy atom. The van der Waals surface area contributed by atoms with E-state index in [1.54, 1.807) is 0 Å². The summed E-state index contributed by atoms with van der Waals surface area (Å²) in [6.07, 6.45) is 0. The molecule has 0 aliphatic heterocycles. The molecule has 0 spiro atoms. The quantitative estimate of drug-likeness (QED) is 0.256. The first-order chi connectivity index (χ1) is 5.20. The second-order valence-electron chi connectivity index (χ2n) is 0.671. The number of hydrogen-bond acceptors (Lipinski definition) is 9. The van der Waals surface area contributed by atoms with Crippen molar-refractivity contribution in [3.63, 3.8) is 0 Å². The number of rotatable bonds is 0. The van der Waals surface area contributed by atoms with E-state index in [4.69, 9.17) is 46.0 Å². The van der Waals surface area contributed by atoms with Crippen molar-refractivity contribution >= 4 is 0 Å². The van der Waals surface area contributed by atoms with Crippen molar-refractivity contribution < 1.29 is 89.0 Å². The zero-order valence-electron chi connectivity index (χ0n) is 8.52. The fourth-order valence-corrected chi connectivity index (χ4v) is 0.